The molecule has 0 aliphatic rings. The van der Waals surface area contributed by atoms with Gasteiger partial charge in [-0.1, -0.05) is 12.1 Å². The predicted molar refractivity (Wildman–Crippen MR) is 101 cm³/mol. The fourth-order valence-electron chi connectivity index (χ4n) is 2.13. The monoisotopic (exact) mass is 358 g/mol. The number of carbonyl (C=O) groups is 2. The summed E-state index contributed by atoms with van der Waals surface area (Å²) in [7, 11) is 5.32. The summed E-state index contributed by atoms with van der Waals surface area (Å²) in [4.78, 5) is 27.1. The molecule has 0 atom stereocenters. The van der Waals surface area contributed by atoms with E-state index in [1.54, 1.807) is 30.3 Å². The lowest BCUT2D eigenvalue weighted by molar-refractivity contribution is 0.0957. The summed E-state index contributed by atoms with van der Waals surface area (Å²) in [5, 5.41) is 2.88. The van der Waals surface area contributed by atoms with E-state index in [4.69, 9.17) is 4.74 Å². The van der Waals surface area contributed by atoms with Crippen LogP contribution < -0.4 is 10.1 Å². The van der Waals surface area contributed by atoms with Crippen LogP contribution in [0.2, 0.25) is 0 Å². The molecule has 6 heteroatoms. The largest absolute Gasteiger partial charge is 0.497 e. The number of ketones is 1. The summed E-state index contributed by atoms with van der Waals surface area (Å²) < 4.78 is 5.19. The second kappa shape index (κ2) is 9.03. The van der Waals surface area contributed by atoms with Gasteiger partial charge in [0.05, 0.1) is 16.9 Å². The molecule has 0 aliphatic carbocycles. The van der Waals surface area contributed by atoms with Crippen LogP contribution in [-0.2, 0) is 6.42 Å². The molecule has 1 aromatic heterocycles. The normalized spacial score (nSPS) is 10.7. The van der Waals surface area contributed by atoms with E-state index in [2.05, 4.69) is 5.32 Å². The van der Waals surface area contributed by atoms with Crippen molar-refractivity contribution in [1.82, 2.24) is 10.2 Å². The Kier molecular flexibility index (Phi) is 6.77. The maximum atomic E-state index is 12.2. The quantitative estimate of drug-likeness (QED) is 0.582. The fraction of sp³-hybridized carbons (Fsp3) is 0.263. The Balaban J connectivity index is 1.88. The molecule has 1 amide bonds. The number of benzene rings is 1. The van der Waals surface area contributed by atoms with Crippen molar-refractivity contribution in [3.63, 3.8) is 0 Å². The van der Waals surface area contributed by atoms with Crippen molar-refractivity contribution in [2.24, 2.45) is 0 Å². The van der Waals surface area contributed by atoms with Crippen molar-refractivity contribution < 1.29 is 14.3 Å². The average molecular weight is 358 g/mol. The van der Waals surface area contributed by atoms with Gasteiger partial charge in [-0.2, -0.15) is 0 Å². The lowest BCUT2D eigenvalue weighted by Crippen LogP contribution is -2.24. The molecule has 0 saturated carbocycles. The number of methoxy groups -OCH3 is 1. The Morgan fingerprint density at radius 2 is 1.96 bits per heavy atom. The van der Waals surface area contributed by atoms with Gasteiger partial charge in [0.1, 0.15) is 5.75 Å². The summed E-state index contributed by atoms with van der Waals surface area (Å²) in [6, 6.07) is 11.1. The third-order valence-corrected chi connectivity index (χ3v) is 4.53. The van der Waals surface area contributed by atoms with Gasteiger partial charge in [-0.3, -0.25) is 9.59 Å². The molecule has 0 spiro atoms. The topological polar surface area (TPSA) is 58.6 Å². The molecule has 25 heavy (non-hydrogen) atoms. The highest BCUT2D eigenvalue weighted by molar-refractivity contribution is 7.16. The molecular formula is C19H22N2O3S. The van der Waals surface area contributed by atoms with Crippen LogP contribution in [-0.4, -0.2) is 44.3 Å². The van der Waals surface area contributed by atoms with Crippen molar-refractivity contribution >= 4 is 23.0 Å². The minimum atomic E-state index is -0.163. The number of hydrogen-bond donors (Lipinski definition) is 1. The fourth-order valence-corrected chi connectivity index (χ4v) is 2.97. The van der Waals surface area contributed by atoms with Gasteiger partial charge in [-0.15, -0.1) is 11.3 Å². The summed E-state index contributed by atoms with van der Waals surface area (Å²) in [5.41, 5.74) is 1.09. The number of ether oxygens (including phenoxy) is 1. The van der Waals surface area contributed by atoms with E-state index in [0.29, 0.717) is 22.7 Å². The van der Waals surface area contributed by atoms with Gasteiger partial charge in [0.15, 0.2) is 5.78 Å². The number of rotatable bonds is 8. The van der Waals surface area contributed by atoms with Gasteiger partial charge >= 0.3 is 0 Å². The molecular weight excluding hydrogens is 336 g/mol. The summed E-state index contributed by atoms with van der Waals surface area (Å²) >= 11 is 1.20. The number of carbonyl (C=O) groups excluding carboxylic acids is 2. The highest BCUT2D eigenvalue weighted by Crippen LogP contribution is 2.18. The third kappa shape index (κ3) is 5.76. The Bertz CT molecular complexity index is 766. The van der Waals surface area contributed by atoms with E-state index in [9.17, 15) is 9.59 Å². The molecule has 0 radical (unpaired) electrons. The van der Waals surface area contributed by atoms with Crippen molar-refractivity contribution in [1.29, 1.82) is 0 Å². The van der Waals surface area contributed by atoms with Crippen molar-refractivity contribution in [3.8, 4) is 5.75 Å². The summed E-state index contributed by atoms with van der Waals surface area (Å²) in [5.74, 6) is 0.536. The smallest absolute Gasteiger partial charge is 0.261 e. The molecule has 0 unspecified atom stereocenters. The molecule has 0 aliphatic heterocycles. The van der Waals surface area contributed by atoms with E-state index in [0.717, 1.165) is 11.3 Å². The van der Waals surface area contributed by atoms with E-state index < -0.39 is 0 Å². The van der Waals surface area contributed by atoms with Crippen LogP contribution in [0.25, 0.3) is 0 Å². The lowest BCUT2D eigenvalue weighted by Gasteiger charge is -2.06. The van der Waals surface area contributed by atoms with Crippen LogP contribution in [0.4, 0.5) is 0 Å². The average Bonchev–Trinajstić information content (AvgIpc) is 3.10. The molecule has 0 bridgehead atoms. The molecule has 0 saturated heterocycles. The zero-order valence-electron chi connectivity index (χ0n) is 14.6. The highest BCUT2D eigenvalue weighted by atomic mass is 32.1. The predicted octanol–water partition coefficient (Wildman–Crippen LogP) is 2.99. The van der Waals surface area contributed by atoms with Crippen molar-refractivity contribution in [2.75, 3.05) is 27.7 Å². The highest BCUT2D eigenvalue weighted by Gasteiger charge is 2.12. The second-order valence-corrected chi connectivity index (χ2v) is 6.75. The van der Waals surface area contributed by atoms with E-state index in [1.807, 2.05) is 38.4 Å². The number of nitrogens with zero attached hydrogens (tertiary/aromatic N) is 1. The number of hydrogen-bond acceptors (Lipinski definition) is 5. The SMILES string of the molecule is COc1cccc(CCNC(=O)c2ccc(C(=O)C=CN(C)C)s2)c1. The molecule has 1 heterocycles. The minimum absolute atomic E-state index is 0.103. The van der Waals surface area contributed by atoms with Crippen LogP contribution >= 0.6 is 11.3 Å². The Labute approximate surface area is 151 Å². The van der Waals surface area contributed by atoms with Crippen LogP contribution in [0.5, 0.6) is 5.75 Å². The van der Waals surface area contributed by atoms with E-state index in [1.165, 1.54) is 17.4 Å². The zero-order valence-corrected chi connectivity index (χ0v) is 15.4. The molecule has 132 valence electrons. The molecule has 5 nitrogen and oxygen atoms in total. The van der Waals surface area contributed by atoms with E-state index >= 15 is 0 Å². The Morgan fingerprint density at radius 3 is 2.68 bits per heavy atom. The molecule has 1 N–H and O–H groups in total. The van der Waals surface area contributed by atoms with Gasteiger partial charge in [0.25, 0.3) is 5.91 Å². The van der Waals surface area contributed by atoms with Gasteiger partial charge in [0, 0.05) is 32.9 Å². The van der Waals surface area contributed by atoms with Gasteiger partial charge < -0.3 is 15.0 Å². The second-order valence-electron chi connectivity index (χ2n) is 5.66. The summed E-state index contributed by atoms with van der Waals surface area (Å²) in [6.07, 6.45) is 3.90. The van der Waals surface area contributed by atoms with Crippen LogP contribution in [0, 0.1) is 0 Å². The number of nitrogens with one attached hydrogen (secondary N) is 1. The molecule has 0 fully saturated rings. The van der Waals surface area contributed by atoms with Crippen LogP contribution in [0.15, 0.2) is 48.7 Å². The first kappa shape index (κ1) is 18.7. The van der Waals surface area contributed by atoms with Gasteiger partial charge in [-0.05, 0) is 36.2 Å². The Hall–Kier alpha value is -2.60. The molecule has 1 aromatic carbocycles. The third-order valence-electron chi connectivity index (χ3n) is 3.43. The first-order valence-corrected chi connectivity index (χ1v) is 8.71. The Morgan fingerprint density at radius 1 is 1.20 bits per heavy atom. The van der Waals surface area contributed by atoms with Crippen LogP contribution in [0.3, 0.4) is 0 Å². The van der Waals surface area contributed by atoms with Gasteiger partial charge in [0.2, 0.25) is 0 Å². The molecule has 2 aromatic rings. The van der Waals surface area contributed by atoms with Crippen LogP contribution in [0.1, 0.15) is 24.9 Å². The number of allylic oxidation sites excluding steroid dienone is 1. The van der Waals surface area contributed by atoms with E-state index in [-0.39, 0.29) is 11.7 Å². The van der Waals surface area contributed by atoms with Gasteiger partial charge in [-0.25, -0.2) is 0 Å². The first-order valence-electron chi connectivity index (χ1n) is 7.89. The lowest BCUT2D eigenvalue weighted by atomic mass is 10.1. The standard InChI is InChI=1S/C19H22N2O3S/c1-21(2)12-10-16(22)17-7-8-18(25-17)19(23)20-11-9-14-5-4-6-15(13-14)24-3/h4-8,10,12-13H,9,11H2,1-3H3,(H,20,23). The van der Waals surface area contributed by atoms with Crippen molar-refractivity contribution in [3.05, 3.63) is 64.0 Å². The molecule has 2 rings (SSSR count). The number of thiophene rings is 1. The minimum Gasteiger partial charge on any atom is -0.497 e. The number of amides is 1. The zero-order chi connectivity index (χ0) is 18.2. The maximum absolute atomic E-state index is 12.2. The first-order chi connectivity index (χ1) is 12.0. The summed E-state index contributed by atoms with van der Waals surface area (Å²) in [6.45, 7) is 0.522. The van der Waals surface area contributed by atoms with Crippen molar-refractivity contribution in [2.45, 2.75) is 6.42 Å². The maximum Gasteiger partial charge on any atom is 0.261 e.